The molecule has 9 heteroatoms. The standard InChI is InChI=1S/C17H16N6OS2/c18-7-10-9-21-17(23-15(10)20)25-6-5-14(24)22-16-12(8-19)11-3-1-2-4-13(11)26-16/h9H,1-6H2,(H,22,24)(H2,20,21,23). The van der Waals surface area contributed by atoms with Crippen molar-refractivity contribution in [1.82, 2.24) is 9.97 Å². The summed E-state index contributed by atoms with van der Waals surface area (Å²) in [4.78, 5) is 21.5. The van der Waals surface area contributed by atoms with Crippen molar-refractivity contribution >= 4 is 39.8 Å². The van der Waals surface area contributed by atoms with Crippen LogP contribution in [0.2, 0.25) is 0 Å². The Kier molecular flexibility index (Phi) is 5.71. The Morgan fingerprint density at radius 3 is 2.88 bits per heavy atom. The molecular formula is C17H16N6OS2. The van der Waals surface area contributed by atoms with E-state index in [1.165, 1.54) is 34.2 Å². The van der Waals surface area contributed by atoms with Gasteiger partial charge < -0.3 is 11.1 Å². The first-order valence-electron chi connectivity index (χ1n) is 8.12. The van der Waals surface area contributed by atoms with Crippen LogP contribution in [-0.4, -0.2) is 21.6 Å². The normalized spacial score (nSPS) is 12.7. The molecule has 1 amide bonds. The van der Waals surface area contributed by atoms with Gasteiger partial charge in [0.05, 0.1) is 11.8 Å². The molecule has 132 valence electrons. The van der Waals surface area contributed by atoms with Crippen LogP contribution in [0.15, 0.2) is 11.4 Å². The van der Waals surface area contributed by atoms with Crippen LogP contribution in [0.3, 0.4) is 0 Å². The van der Waals surface area contributed by atoms with Gasteiger partial charge in [0.15, 0.2) is 5.16 Å². The molecule has 1 aliphatic carbocycles. The van der Waals surface area contributed by atoms with Crippen LogP contribution in [-0.2, 0) is 17.6 Å². The molecule has 0 radical (unpaired) electrons. The molecule has 1 aliphatic rings. The van der Waals surface area contributed by atoms with Gasteiger partial charge in [0, 0.05) is 17.1 Å². The van der Waals surface area contributed by atoms with Gasteiger partial charge in [0.2, 0.25) is 5.91 Å². The average molecular weight is 384 g/mol. The topological polar surface area (TPSA) is 128 Å². The van der Waals surface area contributed by atoms with E-state index < -0.39 is 0 Å². The van der Waals surface area contributed by atoms with Crippen molar-refractivity contribution in [1.29, 1.82) is 10.5 Å². The van der Waals surface area contributed by atoms with E-state index >= 15 is 0 Å². The van der Waals surface area contributed by atoms with Crippen LogP contribution >= 0.6 is 23.1 Å². The van der Waals surface area contributed by atoms with E-state index in [2.05, 4.69) is 21.4 Å². The van der Waals surface area contributed by atoms with Gasteiger partial charge in [0.1, 0.15) is 28.5 Å². The highest BCUT2D eigenvalue weighted by atomic mass is 32.2. The average Bonchev–Trinajstić information content (AvgIpc) is 2.98. The maximum absolute atomic E-state index is 12.2. The molecule has 0 bridgehead atoms. The number of nitrogens with one attached hydrogen (secondary N) is 1. The summed E-state index contributed by atoms with van der Waals surface area (Å²) in [5.74, 6) is 0.468. The molecular weight excluding hydrogens is 368 g/mol. The summed E-state index contributed by atoms with van der Waals surface area (Å²) >= 11 is 2.81. The van der Waals surface area contributed by atoms with Crippen molar-refractivity contribution in [2.45, 2.75) is 37.3 Å². The summed E-state index contributed by atoms with van der Waals surface area (Å²) in [6, 6.07) is 4.15. The molecule has 2 aromatic heterocycles. The third-order valence-corrected chi connectivity index (χ3v) is 6.08. The van der Waals surface area contributed by atoms with Crippen LogP contribution in [0.25, 0.3) is 0 Å². The van der Waals surface area contributed by atoms with E-state index in [0.717, 1.165) is 31.2 Å². The minimum atomic E-state index is -0.144. The molecule has 0 saturated carbocycles. The lowest BCUT2D eigenvalue weighted by Crippen LogP contribution is -2.12. The number of aryl methyl sites for hydroxylation is 1. The molecule has 26 heavy (non-hydrogen) atoms. The number of aromatic nitrogens is 2. The Bertz CT molecular complexity index is 925. The number of hydrogen-bond donors (Lipinski definition) is 2. The number of nitriles is 2. The number of fused-ring (bicyclic) bond motifs is 1. The number of nitrogens with two attached hydrogens (primary N) is 1. The number of hydrogen-bond acceptors (Lipinski definition) is 8. The molecule has 0 saturated heterocycles. The number of amides is 1. The summed E-state index contributed by atoms with van der Waals surface area (Å²) in [7, 11) is 0. The zero-order valence-corrected chi connectivity index (χ0v) is 15.5. The van der Waals surface area contributed by atoms with Crippen LogP contribution in [0.1, 0.15) is 40.8 Å². The van der Waals surface area contributed by atoms with Crippen LogP contribution in [0.5, 0.6) is 0 Å². The van der Waals surface area contributed by atoms with Crippen LogP contribution in [0, 0.1) is 22.7 Å². The van der Waals surface area contributed by atoms with Crippen molar-refractivity contribution in [3.05, 3.63) is 27.8 Å². The fourth-order valence-electron chi connectivity index (χ4n) is 2.73. The Labute approximate surface area is 159 Å². The number of carbonyl (C=O) groups excluding carboxylic acids is 1. The van der Waals surface area contributed by atoms with Crippen LogP contribution in [0.4, 0.5) is 10.8 Å². The lowest BCUT2D eigenvalue weighted by Gasteiger charge is -2.09. The van der Waals surface area contributed by atoms with Gasteiger partial charge >= 0.3 is 0 Å². The summed E-state index contributed by atoms with van der Waals surface area (Å²) in [5, 5.41) is 22.2. The van der Waals surface area contributed by atoms with E-state index in [1.807, 2.05) is 6.07 Å². The van der Waals surface area contributed by atoms with E-state index in [9.17, 15) is 10.1 Å². The maximum atomic E-state index is 12.2. The minimum absolute atomic E-state index is 0.136. The third-order valence-electron chi connectivity index (χ3n) is 4.01. The van der Waals surface area contributed by atoms with Gasteiger partial charge in [-0.25, -0.2) is 9.97 Å². The number of nitrogen functional groups attached to an aromatic ring is 1. The van der Waals surface area contributed by atoms with Gasteiger partial charge in [0.25, 0.3) is 0 Å². The van der Waals surface area contributed by atoms with Gasteiger partial charge in [-0.1, -0.05) is 11.8 Å². The number of thiophene rings is 1. The monoisotopic (exact) mass is 384 g/mol. The molecule has 0 aromatic carbocycles. The second-order valence-electron chi connectivity index (χ2n) is 5.74. The number of rotatable bonds is 5. The molecule has 3 rings (SSSR count). The Morgan fingerprint density at radius 2 is 2.15 bits per heavy atom. The highest BCUT2D eigenvalue weighted by molar-refractivity contribution is 7.99. The number of nitrogens with zero attached hydrogens (tertiary/aromatic N) is 4. The lowest BCUT2D eigenvalue weighted by atomic mass is 9.96. The Balaban J connectivity index is 1.57. The molecule has 0 fully saturated rings. The maximum Gasteiger partial charge on any atom is 0.225 e. The lowest BCUT2D eigenvalue weighted by molar-refractivity contribution is -0.115. The zero-order chi connectivity index (χ0) is 18.5. The molecule has 2 heterocycles. The number of carbonyl (C=O) groups is 1. The first-order chi connectivity index (χ1) is 12.6. The fraction of sp³-hybridized carbons (Fsp3) is 0.353. The molecule has 2 aromatic rings. The summed E-state index contributed by atoms with van der Waals surface area (Å²) in [5.41, 5.74) is 7.61. The van der Waals surface area contributed by atoms with Crippen molar-refractivity contribution in [2.24, 2.45) is 0 Å². The smallest absolute Gasteiger partial charge is 0.225 e. The van der Waals surface area contributed by atoms with Crippen molar-refractivity contribution in [3.63, 3.8) is 0 Å². The fourth-order valence-corrected chi connectivity index (χ4v) is 4.75. The number of thioether (sulfide) groups is 1. The van der Waals surface area contributed by atoms with Crippen LogP contribution < -0.4 is 11.1 Å². The second kappa shape index (κ2) is 8.17. The SMILES string of the molecule is N#Cc1cnc(SCCC(=O)Nc2sc3c(c2C#N)CCCC3)nc1N. The van der Waals surface area contributed by atoms with Crippen molar-refractivity contribution in [3.8, 4) is 12.1 Å². The third kappa shape index (κ3) is 3.96. The zero-order valence-electron chi connectivity index (χ0n) is 13.9. The van der Waals surface area contributed by atoms with Gasteiger partial charge in [-0.15, -0.1) is 11.3 Å². The molecule has 7 nitrogen and oxygen atoms in total. The number of anilines is 2. The highest BCUT2D eigenvalue weighted by Gasteiger charge is 2.21. The quantitative estimate of drug-likeness (QED) is 0.599. The van der Waals surface area contributed by atoms with E-state index in [0.29, 0.717) is 21.5 Å². The Hall–Kier alpha value is -2.62. The molecule has 0 spiro atoms. The van der Waals surface area contributed by atoms with Gasteiger partial charge in [-0.3, -0.25) is 4.79 Å². The summed E-state index contributed by atoms with van der Waals surface area (Å²) in [6.07, 6.45) is 5.77. The molecule has 0 atom stereocenters. The van der Waals surface area contributed by atoms with E-state index in [1.54, 1.807) is 0 Å². The Morgan fingerprint density at radius 1 is 1.35 bits per heavy atom. The first-order valence-corrected chi connectivity index (χ1v) is 9.92. The predicted octanol–water partition coefficient (Wildman–Crippen LogP) is 2.86. The largest absolute Gasteiger partial charge is 0.382 e. The van der Waals surface area contributed by atoms with Gasteiger partial charge in [-0.2, -0.15) is 10.5 Å². The molecule has 3 N–H and O–H groups in total. The predicted molar refractivity (Wildman–Crippen MR) is 101 cm³/mol. The molecule has 0 unspecified atom stereocenters. The van der Waals surface area contributed by atoms with Crippen molar-refractivity contribution in [2.75, 3.05) is 16.8 Å². The first kappa shape index (κ1) is 18.2. The van der Waals surface area contributed by atoms with Crippen molar-refractivity contribution < 1.29 is 4.79 Å². The highest BCUT2D eigenvalue weighted by Crippen LogP contribution is 2.37. The summed E-state index contributed by atoms with van der Waals surface area (Å²) in [6.45, 7) is 0. The van der Waals surface area contributed by atoms with E-state index in [4.69, 9.17) is 11.0 Å². The van der Waals surface area contributed by atoms with Gasteiger partial charge in [-0.05, 0) is 31.2 Å². The molecule has 0 aliphatic heterocycles. The van der Waals surface area contributed by atoms with E-state index in [-0.39, 0.29) is 23.7 Å². The second-order valence-corrected chi connectivity index (χ2v) is 7.90. The minimum Gasteiger partial charge on any atom is -0.382 e. The summed E-state index contributed by atoms with van der Waals surface area (Å²) < 4.78 is 0.